The van der Waals surface area contributed by atoms with E-state index in [1.165, 1.54) is 12.0 Å². The number of urea groups is 1. The van der Waals surface area contributed by atoms with E-state index in [2.05, 4.69) is 15.6 Å². The summed E-state index contributed by atoms with van der Waals surface area (Å²) in [6, 6.07) is 8.40. The van der Waals surface area contributed by atoms with E-state index in [1.54, 1.807) is 29.2 Å². The molecule has 180 valence electrons. The second kappa shape index (κ2) is 10.8. The lowest BCUT2D eigenvalue weighted by Crippen LogP contribution is -2.42. The Labute approximate surface area is 199 Å². The van der Waals surface area contributed by atoms with E-state index in [0.717, 1.165) is 17.5 Å². The molecule has 2 heterocycles. The maximum absolute atomic E-state index is 13.2. The van der Waals surface area contributed by atoms with Gasteiger partial charge in [0.1, 0.15) is 17.3 Å². The Hall–Kier alpha value is -3.95. The molecule has 1 aliphatic heterocycles. The Bertz CT molecular complexity index is 1100. The van der Waals surface area contributed by atoms with Crippen LogP contribution in [0.5, 0.6) is 5.75 Å². The van der Waals surface area contributed by atoms with Crippen molar-refractivity contribution >= 4 is 29.9 Å². The summed E-state index contributed by atoms with van der Waals surface area (Å²) < 4.78 is 5.48. The van der Waals surface area contributed by atoms with Crippen LogP contribution in [-0.4, -0.2) is 65.1 Å². The summed E-state index contributed by atoms with van der Waals surface area (Å²) in [7, 11) is 1.51. The zero-order valence-electron chi connectivity index (χ0n) is 19.9. The highest BCUT2D eigenvalue weighted by molar-refractivity contribution is 6.06. The maximum atomic E-state index is 13.2. The quantitative estimate of drug-likeness (QED) is 0.368. The Morgan fingerprint density at radius 3 is 2.71 bits per heavy atom. The Kier molecular flexibility index (Phi) is 7.83. The first-order valence-electron chi connectivity index (χ1n) is 11.2. The number of benzene rings is 1. The second-order valence-corrected chi connectivity index (χ2v) is 8.17. The number of nitrogens with one attached hydrogen (secondary N) is 4. The number of ether oxygens (including phenoxy) is 1. The highest BCUT2D eigenvalue weighted by atomic mass is 16.5. The second-order valence-electron chi connectivity index (χ2n) is 8.17. The summed E-state index contributed by atoms with van der Waals surface area (Å²) in [5, 5.41) is 21.5. The molecule has 3 rings (SSSR count). The van der Waals surface area contributed by atoms with Gasteiger partial charge in [-0.2, -0.15) is 0 Å². The van der Waals surface area contributed by atoms with Crippen LogP contribution in [0.4, 0.5) is 10.6 Å². The van der Waals surface area contributed by atoms with Crippen molar-refractivity contribution in [1.82, 2.24) is 20.1 Å². The van der Waals surface area contributed by atoms with Crippen molar-refractivity contribution in [2.45, 2.75) is 39.8 Å². The van der Waals surface area contributed by atoms with E-state index in [-0.39, 0.29) is 23.7 Å². The van der Waals surface area contributed by atoms with Gasteiger partial charge in [0.05, 0.1) is 19.0 Å². The number of carbonyl (C=O) groups excluding carboxylic acids is 2. The molecule has 1 aliphatic rings. The number of anilines is 1. The highest BCUT2D eigenvalue weighted by Gasteiger charge is 2.24. The number of fused-ring (bicyclic) bond motifs is 1. The number of nitrogens with zero attached hydrogens (tertiary/aromatic N) is 3. The van der Waals surface area contributed by atoms with E-state index in [4.69, 9.17) is 15.6 Å². The van der Waals surface area contributed by atoms with Crippen LogP contribution >= 0.6 is 0 Å². The number of aromatic nitrogens is 1. The number of hydrogen-bond donors (Lipinski definition) is 4. The zero-order valence-corrected chi connectivity index (χ0v) is 19.9. The molecule has 1 aromatic heterocycles. The number of amidine groups is 1. The van der Waals surface area contributed by atoms with E-state index in [1.807, 2.05) is 26.8 Å². The monoisotopic (exact) mass is 465 g/mol. The van der Waals surface area contributed by atoms with Crippen molar-refractivity contribution in [3.05, 3.63) is 52.7 Å². The number of hydrogen-bond acceptors (Lipinski definition) is 6. The van der Waals surface area contributed by atoms with E-state index >= 15 is 0 Å². The summed E-state index contributed by atoms with van der Waals surface area (Å²) in [4.78, 5) is 33.0. The van der Waals surface area contributed by atoms with Crippen molar-refractivity contribution < 1.29 is 14.3 Å². The minimum absolute atomic E-state index is 0.0675. The van der Waals surface area contributed by atoms with Crippen molar-refractivity contribution in [3.8, 4) is 5.75 Å². The minimum Gasteiger partial charge on any atom is -0.496 e. The van der Waals surface area contributed by atoms with Gasteiger partial charge in [-0.05, 0) is 62.6 Å². The van der Waals surface area contributed by atoms with Crippen LogP contribution in [0.2, 0.25) is 0 Å². The van der Waals surface area contributed by atoms with E-state index in [9.17, 15) is 9.59 Å². The molecule has 3 amide bonds. The van der Waals surface area contributed by atoms with Gasteiger partial charge in [-0.3, -0.25) is 15.6 Å². The van der Waals surface area contributed by atoms with Crippen molar-refractivity contribution in [3.63, 3.8) is 0 Å². The van der Waals surface area contributed by atoms with Gasteiger partial charge in [-0.15, -0.1) is 0 Å². The normalized spacial score (nSPS) is 12.6. The number of pyridine rings is 1. The fraction of sp³-hybridized carbons (Fsp3) is 0.375. The van der Waals surface area contributed by atoms with E-state index in [0.29, 0.717) is 43.1 Å². The third-order valence-electron chi connectivity index (χ3n) is 5.58. The molecule has 34 heavy (non-hydrogen) atoms. The predicted molar refractivity (Wildman–Crippen MR) is 131 cm³/mol. The van der Waals surface area contributed by atoms with Gasteiger partial charge in [-0.1, -0.05) is 6.07 Å². The first-order chi connectivity index (χ1) is 16.3. The van der Waals surface area contributed by atoms with Gasteiger partial charge in [0.15, 0.2) is 5.84 Å². The van der Waals surface area contributed by atoms with Crippen molar-refractivity contribution in [1.29, 1.82) is 10.8 Å². The maximum Gasteiger partial charge on any atom is 0.317 e. The average Bonchev–Trinajstić information content (AvgIpc) is 2.83. The standard InChI is InChI=1S/C24H31N7O3/c1-5-27-24(33)30-10-9-16-12-20(34-4)18(11-17(16)13-30)23(32)29-21-8-6-7-19(28-21)22(26)31(14-25)15(2)3/h6-8,11-12,14-15,25-26H,5,9-10,13H2,1-4H3,(H,27,33)(H,28,29,32). The first-order valence-corrected chi connectivity index (χ1v) is 11.2. The van der Waals surface area contributed by atoms with Crippen LogP contribution in [0.1, 0.15) is 48.0 Å². The molecule has 0 unspecified atom stereocenters. The number of methoxy groups -OCH3 is 1. The average molecular weight is 466 g/mol. The Balaban J connectivity index is 1.84. The lowest BCUT2D eigenvalue weighted by atomic mass is 9.96. The van der Waals surface area contributed by atoms with Gasteiger partial charge >= 0.3 is 6.03 Å². The number of rotatable bonds is 7. The zero-order chi connectivity index (χ0) is 24.8. The van der Waals surface area contributed by atoms with Crippen LogP contribution < -0.4 is 15.4 Å². The third-order valence-corrected chi connectivity index (χ3v) is 5.58. The minimum atomic E-state index is -0.404. The predicted octanol–water partition coefficient (Wildman–Crippen LogP) is 3.07. The summed E-state index contributed by atoms with van der Waals surface area (Å²) in [6.07, 6.45) is 1.76. The number of carbonyl (C=O) groups is 2. The summed E-state index contributed by atoms with van der Waals surface area (Å²) in [6.45, 7) is 7.18. The molecule has 0 spiro atoms. The molecule has 2 aromatic rings. The molecule has 10 nitrogen and oxygen atoms in total. The highest BCUT2D eigenvalue weighted by Crippen LogP contribution is 2.28. The van der Waals surface area contributed by atoms with Crippen LogP contribution in [0, 0.1) is 10.8 Å². The summed E-state index contributed by atoms with van der Waals surface area (Å²) in [5.41, 5.74) is 2.61. The molecule has 0 saturated carbocycles. The molecular formula is C24H31N7O3. The Morgan fingerprint density at radius 2 is 2.06 bits per heavy atom. The molecule has 0 radical (unpaired) electrons. The molecular weight excluding hydrogens is 434 g/mol. The lowest BCUT2D eigenvalue weighted by Gasteiger charge is -2.29. The van der Waals surface area contributed by atoms with Gasteiger partial charge in [0, 0.05) is 25.7 Å². The van der Waals surface area contributed by atoms with Crippen LogP contribution in [0.15, 0.2) is 30.3 Å². The smallest absolute Gasteiger partial charge is 0.317 e. The van der Waals surface area contributed by atoms with Crippen LogP contribution in [0.25, 0.3) is 0 Å². The molecule has 1 aromatic carbocycles. The largest absolute Gasteiger partial charge is 0.496 e. The van der Waals surface area contributed by atoms with Crippen molar-refractivity contribution in [2.75, 3.05) is 25.5 Å². The number of amides is 3. The molecule has 0 atom stereocenters. The summed E-state index contributed by atoms with van der Waals surface area (Å²) >= 11 is 0. The fourth-order valence-corrected chi connectivity index (χ4v) is 3.79. The lowest BCUT2D eigenvalue weighted by molar-refractivity contribution is 0.102. The fourth-order valence-electron chi connectivity index (χ4n) is 3.79. The molecule has 0 aliphatic carbocycles. The molecule has 4 N–H and O–H groups in total. The topological polar surface area (TPSA) is 134 Å². The Morgan fingerprint density at radius 1 is 1.29 bits per heavy atom. The molecule has 0 saturated heterocycles. The van der Waals surface area contributed by atoms with E-state index < -0.39 is 5.91 Å². The van der Waals surface area contributed by atoms with Crippen LogP contribution in [-0.2, 0) is 13.0 Å². The first kappa shape index (κ1) is 24.7. The van der Waals surface area contributed by atoms with Gasteiger partial charge in [0.2, 0.25) is 0 Å². The summed E-state index contributed by atoms with van der Waals surface area (Å²) in [5.74, 6) is 0.391. The van der Waals surface area contributed by atoms with Crippen LogP contribution in [0.3, 0.4) is 0 Å². The van der Waals surface area contributed by atoms with Gasteiger partial charge in [0.25, 0.3) is 5.91 Å². The SMILES string of the molecule is CCNC(=O)N1CCc2cc(OC)c(C(=O)Nc3cccc(C(=N)N(C=N)C(C)C)n3)cc2C1. The van der Waals surface area contributed by atoms with Gasteiger partial charge in [-0.25, -0.2) is 9.78 Å². The molecule has 0 fully saturated rings. The molecule has 10 heteroatoms. The van der Waals surface area contributed by atoms with Gasteiger partial charge < -0.3 is 25.2 Å². The third kappa shape index (κ3) is 5.33. The van der Waals surface area contributed by atoms with Crippen molar-refractivity contribution in [2.24, 2.45) is 0 Å². The molecule has 0 bridgehead atoms.